The van der Waals surface area contributed by atoms with Gasteiger partial charge in [0.2, 0.25) is 0 Å². The van der Waals surface area contributed by atoms with Crippen molar-refractivity contribution in [3.63, 3.8) is 0 Å². The summed E-state index contributed by atoms with van der Waals surface area (Å²) in [5.74, 6) is 0.357. The summed E-state index contributed by atoms with van der Waals surface area (Å²) >= 11 is 0.874. The zero-order valence-corrected chi connectivity index (χ0v) is 12.8. The van der Waals surface area contributed by atoms with Crippen molar-refractivity contribution in [1.82, 2.24) is 0 Å². The highest BCUT2D eigenvalue weighted by molar-refractivity contribution is 8.00. The average Bonchev–Trinajstić information content (AvgIpc) is 2.52. The van der Waals surface area contributed by atoms with Crippen LogP contribution >= 0.6 is 11.8 Å². The highest BCUT2D eigenvalue weighted by Gasteiger charge is 2.55. The van der Waals surface area contributed by atoms with Crippen LogP contribution in [-0.2, 0) is 11.2 Å². The first-order valence-electron chi connectivity index (χ1n) is 7.00. The van der Waals surface area contributed by atoms with Crippen molar-refractivity contribution in [1.29, 1.82) is 0 Å². The molecule has 0 aliphatic carbocycles. The maximum Gasteiger partial charge on any atom is 0.408 e. The Morgan fingerprint density at radius 3 is 1.91 bits per heavy atom. The van der Waals surface area contributed by atoms with Gasteiger partial charge in [0.25, 0.3) is 0 Å². The van der Waals surface area contributed by atoms with Gasteiger partial charge in [-0.25, -0.2) is 0 Å². The van der Waals surface area contributed by atoms with Gasteiger partial charge >= 0.3 is 6.18 Å². The number of thioether (sulfide) groups is 1. The van der Waals surface area contributed by atoms with Crippen LogP contribution in [0, 0.1) is 0 Å². The maximum atomic E-state index is 13.7. The summed E-state index contributed by atoms with van der Waals surface area (Å²) in [6.45, 7) is -0.472. The van der Waals surface area contributed by atoms with Crippen molar-refractivity contribution in [2.75, 3.05) is 12.3 Å². The van der Waals surface area contributed by atoms with Crippen molar-refractivity contribution in [3.8, 4) is 0 Å². The van der Waals surface area contributed by atoms with Crippen LogP contribution in [0.2, 0.25) is 0 Å². The summed E-state index contributed by atoms with van der Waals surface area (Å²) in [4.78, 5) is 0. The predicted octanol–water partition coefficient (Wildman–Crippen LogP) is 4.38. The molecule has 0 aromatic heterocycles. The fraction of sp³-hybridized carbons (Fsp3) is 0.294. The van der Waals surface area contributed by atoms with Gasteiger partial charge in [-0.05, 0) is 23.3 Å². The molecule has 0 aliphatic heterocycles. The highest BCUT2D eigenvalue weighted by Crippen LogP contribution is 2.49. The Morgan fingerprint density at radius 1 is 0.864 bits per heavy atom. The van der Waals surface area contributed by atoms with E-state index in [0.717, 1.165) is 17.3 Å². The van der Waals surface area contributed by atoms with Crippen molar-refractivity contribution in [2.45, 2.75) is 17.3 Å². The van der Waals surface area contributed by atoms with Gasteiger partial charge in [0.15, 0.2) is 0 Å². The Labute approximate surface area is 132 Å². The molecule has 0 radical (unpaired) electrons. The lowest BCUT2D eigenvalue weighted by atomic mass is 9.97. The van der Waals surface area contributed by atoms with Crippen LogP contribution < -0.4 is 5.73 Å². The molecule has 5 heteroatoms. The maximum absolute atomic E-state index is 13.7. The summed E-state index contributed by atoms with van der Waals surface area (Å²) in [7, 11) is 0. The number of halogens is 3. The zero-order valence-electron chi connectivity index (χ0n) is 12.0. The van der Waals surface area contributed by atoms with E-state index in [-0.39, 0.29) is 5.56 Å². The fourth-order valence-corrected chi connectivity index (χ4v) is 3.59. The molecule has 1 nitrogen and oxygen atoms in total. The molecule has 0 saturated carbocycles. The molecule has 0 bridgehead atoms. The van der Waals surface area contributed by atoms with E-state index in [9.17, 15) is 13.2 Å². The van der Waals surface area contributed by atoms with Crippen molar-refractivity contribution in [2.24, 2.45) is 5.73 Å². The van der Waals surface area contributed by atoms with Gasteiger partial charge in [0.1, 0.15) is 4.75 Å². The Hall–Kier alpha value is -1.46. The largest absolute Gasteiger partial charge is 0.408 e. The first kappa shape index (κ1) is 16.9. The molecular formula is C17H18F3NS. The lowest BCUT2D eigenvalue weighted by Gasteiger charge is -2.34. The first-order chi connectivity index (χ1) is 10.5. The third-order valence-electron chi connectivity index (χ3n) is 3.57. The number of hydrogen-bond donors (Lipinski definition) is 1. The first-order valence-corrected chi connectivity index (χ1v) is 7.98. The van der Waals surface area contributed by atoms with Gasteiger partial charge in [-0.3, -0.25) is 0 Å². The number of nitrogens with two attached hydrogens (primary N) is 1. The number of benzene rings is 2. The van der Waals surface area contributed by atoms with Gasteiger partial charge in [0.05, 0.1) is 0 Å². The third kappa shape index (κ3) is 3.65. The molecule has 2 aromatic carbocycles. The van der Waals surface area contributed by atoms with Crippen LogP contribution in [0.4, 0.5) is 13.2 Å². The summed E-state index contributed by atoms with van der Waals surface area (Å²) in [5, 5.41) is 0. The van der Waals surface area contributed by atoms with Crippen LogP contribution in [0.25, 0.3) is 0 Å². The van der Waals surface area contributed by atoms with Gasteiger partial charge in [0, 0.05) is 6.54 Å². The van der Waals surface area contributed by atoms with Crippen LogP contribution in [0.3, 0.4) is 0 Å². The van der Waals surface area contributed by atoms with Crippen molar-refractivity contribution >= 4 is 11.8 Å². The van der Waals surface area contributed by atoms with E-state index in [1.165, 1.54) is 12.1 Å². The average molecular weight is 325 g/mol. The Morgan fingerprint density at radius 2 is 1.41 bits per heavy atom. The Balaban J connectivity index is 2.19. The lowest BCUT2D eigenvalue weighted by Crippen LogP contribution is -2.46. The van der Waals surface area contributed by atoms with Gasteiger partial charge in [-0.15, -0.1) is 11.8 Å². The number of alkyl halides is 3. The second-order valence-electron chi connectivity index (χ2n) is 4.98. The normalized spacial score (nSPS) is 14.5. The standard InChI is InChI=1S/C17H18F3NS/c18-17(19,20)16(13-21,15-9-5-2-6-10-15)22-12-11-14-7-3-1-4-8-14/h1-10H,11-13,21H2/t16-/m0/s1. The second-order valence-corrected chi connectivity index (χ2v) is 6.37. The van der Waals surface area contributed by atoms with Crippen molar-refractivity contribution in [3.05, 3.63) is 71.8 Å². The lowest BCUT2D eigenvalue weighted by molar-refractivity contribution is -0.159. The summed E-state index contributed by atoms with van der Waals surface area (Å²) in [6.07, 6.45) is -3.82. The fourth-order valence-electron chi connectivity index (χ4n) is 2.32. The smallest absolute Gasteiger partial charge is 0.328 e. The molecule has 2 N–H and O–H groups in total. The van der Waals surface area contributed by atoms with Crippen LogP contribution in [-0.4, -0.2) is 18.5 Å². The quantitative estimate of drug-likeness (QED) is 0.853. The molecule has 0 spiro atoms. The molecule has 0 saturated heterocycles. The molecular weight excluding hydrogens is 307 g/mol. The predicted molar refractivity (Wildman–Crippen MR) is 85.8 cm³/mol. The van der Waals surface area contributed by atoms with Crippen molar-refractivity contribution < 1.29 is 13.2 Å². The van der Waals surface area contributed by atoms with E-state index < -0.39 is 17.5 Å². The highest BCUT2D eigenvalue weighted by atomic mass is 32.2. The van der Waals surface area contributed by atoms with E-state index in [1.54, 1.807) is 18.2 Å². The van der Waals surface area contributed by atoms with Crippen LogP contribution in [0.15, 0.2) is 60.7 Å². The van der Waals surface area contributed by atoms with Gasteiger partial charge in [-0.1, -0.05) is 60.7 Å². The van der Waals surface area contributed by atoms with Gasteiger partial charge < -0.3 is 5.73 Å². The van der Waals surface area contributed by atoms with E-state index in [2.05, 4.69) is 0 Å². The van der Waals surface area contributed by atoms with Gasteiger partial charge in [-0.2, -0.15) is 13.2 Å². The summed E-state index contributed by atoms with van der Waals surface area (Å²) in [6, 6.07) is 17.4. The number of aryl methyl sites for hydroxylation is 1. The van der Waals surface area contributed by atoms with E-state index >= 15 is 0 Å². The monoisotopic (exact) mass is 325 g/mol. The minimum Gasteiger partial charge on any atom is -0.328 e. The van der Waals surface area contributed by atoms with E-state index in [4.69, 9.17) is 5.73 Å². The summed E-state index contributed by atoms with van der Waals surface area (Å²) in [5.41, 5.74) is 6.80. The van der Waals surface area contributed by atoms with Crippen LogP contribution in [0.5, 0.6) is 0 Å². The number of hydrogen-bond acceptors (Lipinski definition) is 2. The Kier molecular flexibility index (Phi) is 5.53. The molecule has 0 fully saturated rings. The number of rotatable bonds is 6. The molecule has 0 unspecified atom stereocenters. The third-order valence-corrected chi connectivity index (χ3v) is 5.10. The minimum absolute atomic E-state index is 0.211. The molecule has 22 heavy (non-hydrogen) atoms. The SMILES string of the molecule is NC[C@](SCCc1ccccc1)(c1ccccc1)C(F)(F)F. The Bertz CT molecular complexity index is 571. The molecule has 2 aromatic rings. The van der Waals surface area contributed by atoms with E-state index in [1.807, 2.05) is 30.3 Å². The summed E-state index contributed by atoms with van der Waals surface area (Å²) < 4.78 is 39.0. The molecule has 1 atom stereocenters. The molecule has 118 valence electrons. The van der Waals surface area contributed by atoms with E-state index in [0.29, 0.717) is 12.2 Å². The second kappa shape index (κ2) is 7.20. The molecule has 0 amide bonds. The molecule has 2 rings (SSSR count). The zero-order chi connectivity index (χ0) is 16.1. The molecule has 0 heterocycles. The molecule has 0 aliphatic rings. The van der Waals surface area contributed by atoms with Crippen LogP contribution in [0.1, 0.15) is 11.1 Å². The topological polar surface area (TPSA) is 26.0 Å². The minimum atomic E-state index is -4.40.